The lowest BCUT2D eigenvalue weighted by atomic mass is 9.49. The topological polar surface area (TPSA) is 94.2 Å². The first-order valence-electron chi connectivity index (χ1n) is 12.2. The Morgan fingerprint density at radius 2 is 1.75 bits per heavy atom. The van der Waals surface area contributed by atoms with Crippen LogP contribution in [0.1, 0.15) is 44.1 Å². The summed E-state index contributed by atoms with van der Waals surface area (Å²) >= 11 is 7.74. The number of ether oxygens (including phenoxy) is 3. The minimum Gasteiger partial charge on any atom is -0.493 e. The summed E-state index contributed by atoms with van der Waals surface area (Å²) < 4.78 is 16.1. The first-order valence-corrected chi connectivity index (χ1v) is 13.4. The van der Waals surface area contributed by atoms with Crippen LogP contribution < -0.4 is 19.5 Å². The van der Waals surface area contributed by atoms with Crippen LogP contribution in [0.15, 0.2) is 17.0 Å². The van der Waals surface area contributed by atoms with Gasteiger partial charge in [0.2, 0.25) is 11.7 Å². The summed E-state index contributed by atoms with van der Waals surface area (Å²) in [5, 5.41) is 2.65. The number of amides is 3. The zero-order valence-electron chi connectivity index (χ0n) is 20.7. The second-order valence-electron chi connectivity index (χ2n) is 10.4. The highest BCUT2D eigenvalue weighted by atomic mass is 35.5. The van der Waals surface area contributed by atoms with E-state index >= 15 is 0 Å². The van der Waals surface area contributed by atoms with Crippen LogP contribution in [0, 0.1) is 17.3 Å². The highest BCUT2D eigenvalue weighted by Crippen LogP contribution is 2.63. The van der Waals surface area contributed by atoms with Gasteiger partial charge in [0.15, 0.2) is 11.5 Å². The van der Waals surface area contributed by atoms with E-state index in [4.69, 9.17) is 25.8 Å². The van der Waals surface area contributed by atoms with Crippen molar-refractivity contribution >= 4 is 46.5 Å². The molecule has 4 bridgehead atoms. The normalized spacial score (nSPS) is 31.8. The number of imide groups is 1. The van der Waals surface area contributed by atoms with Gasteiger partial charge in [0, 0.05) is 18.0 Å². The van der Waals surface area contributed by atoms with Gasteiger partial charge in [0.05, 0.1) is 31.6 Å². The summed E-state index contributed by atoms with van der Waals surface area (Å²) in [4.78, 5) is 40.1. The molecule has 8 nitrogen and oxygen atoms in total. The highest BCUT2D eigenvalue weighted by Gasteiger charge is 2.60. The molecule has 1 heterocycles. The minimum absolute atomic E-state index is 0.0153. The van der Waals surface area contributed by atoms with Gasteiger partial charge in [0.1, 0.15) is 0 Å². The summed E-state index contributed by atoms with van der Waals surface area (Å²) in [7, 11) is 4.54. The molecule has 3 amide bonds. The Balaban J connectivity index is 1.23. The van der Waals surface area contributed by atoms with E-state index < -0.39 is 5.41 Å². The fourth-order valence-corrected chi connectivity index (χ4v) is 8.47. The Hall–Kier alpha value is -2.39. The van der Waals surface area contributed by atoms with E-state index in [1.54, 1.807) is 18.2 Å². The number of carbonyl (C=O) groups excluding carboxylic acids is 3. The van der Waals surface area contributed by atoms with Crippen LogP contribution in [0.5, 0.6) is 17.2 Å². The van der Waals surface area contributed by atoms with Crippen molar-refractivity contribution in [2.24, 2.45) is 17.3 Å². The standard InChI is InChI=1S/C26H31ClN2O6S/c1-33-18-7-15(8-19(34-2)21(18)35-3)9-20-22(30)29(24(32)36-20)5-4-28-23(31)25-10-16-6-17(11-25)13-26(27,12-16)14-25/h7-9,16-17H,4-6,10-14H2,1-3H3,(H,28,31)/b20-9+/t16-,17-,25?,26?/m0/s1. The van der Waals surface area contributed by atoms with E-state index in [1.807, 2.05) is 0 Å². The first kappa shape index (κ1) is 25.3. The van der Waals surface area contributed by atoms with E-state index in [0.29, 0.717) is 39.6 Å². The molecule has 1 aliphatic heterocycles. The molecule has 0 aromatic heterocycles. The van der Waals surface area contributed by atoms with Gasteiger partial charge in [0.25, 0.3) is 11.1 Å². The summed E-state index contributed by atoms with van der Waals surface area (Å²) in [6.45, 7) is 0.346. The van der Waals surface area contributed by atoms with Gasteiger partial charge in [-0.2, -0.15) is 0 Å². The maximum Gasteiger partial charge on any atom is 0.293 e. The van der Waals surface area contributed by atoms with Crippen LogP contribution in [0.2, 0.25) is 0 Å². The van der Waals surface area contributed by atoms with Gasteiger partial charge in [-0.25, -0.2) is 0 Å². The molecule has 4 saturated carbocycles. The zero-order valence-corrected chi connectivity index (χ0v) is 22.3. The Morgan fingerprint density at radius 3 is 2.31 bits per heavy atom. The molecule has 1 aromatic rings. The number of nitrogens with zero attached hydrogens (tertiary/aromatic N) is 1. The molecule has 1 saturated heterocycles. The van der Waals surface area contributed by atoms with Crippen molar-refractivity contribution in [3.8, 4) is 17.2 Å². The maximum absolute atomic E-state index is 13.2. The molecule has 0 radical (unpaired) electrons. The van der Waals surface area contributed by atoms with Crippen molar-refractivity contribution in [2.45, 2.75) is 43.4 Å². The van der Waals surface area contributed by atoms with Crippen molar-refractivity contribution < 1.29 is 28.6 Å². The van der Waals surface area contributed by atoms with Crippen LogP contribution in [0.4, 0.5) is 4.79 Å². The van der Waals surface area contributed by atoms with Gasteiger partial charge in [-0.1, -0.05) is 0 Å². The molecule has 1 N–H and O–H groups in total. The van der Waals surface area contributed by atoms with E-state index in [1.165, 1.54) is 32.7 Å². The molecular formula is C26H31ClN2O6S. The van der Waals surface area contributed by atoms with Crippen molar-refractivity contribution in [2.75, 3.05) is 34.4 Å². The summed E-state index contributed by atoms with van der Waals surface area (Å²) in [6, 6.07) is 3.43. The lowest BCUT2D eigenvalue weighted by Gasteiger charge is -2.59. The van der Waals surface area contributed by atoms with Crippen LogP contribution in [-0.2, 0) is 9.59 Å². The Bertz CT molecular complexity index is 1100. The van der Waals surface area contributed by atoms with Crippen molar-refractivity contribution in [3.63, 3.8) is 0 Å². The van der Waals surface area contributed by atoms with Crippen molar-refractivity contribution in [3.05, 3.63) is 22.6 Å². The van der Waals surface area contributed by atoms with Crippen LogP contribution in [0.3, 0.4) is 0 Å². The summed E-state index contributed by atoms with van der Waals surface area (Å²) in [6.07, 6.45) is 7.33. The second kappa shape index (κ2) is 9.49. The number of alkyl halides is 1. The van der Waals surface area contributed by atoms with Gasteiger partial charge in [-0.3, -0.25) is 19.3 Å². The Morgan fingerprint density at radius 1 is 1.11 bits per heavy atom. The third-order valence-corrected chi connectivity index (χ3v) is 9.30. The number of hydrogen-bond acceptors (Lipinski definition) is 7. The highest BCUT2D eigenvalue weighted by molar-refractivity contribution is 8.18. The molecule has 5 aliphatic rings. The van der Waals surface area contributed by atoms with Crippen LogP contribution in [-0.4, -0.2) is 61.2 Å². The predicted molar refractivity (Wildman–Crippen MR) is 137 cm³/mol. The SMILES string of the molecule is COc1cc(/C=C2/SC(=O)N(CCNC(=O)C34C[C@@H]5C[C@H](CC(Cl)(C5)C3)C4)C2=O)cc(OC)c1OC. The molecule has 0 unspecified atom stereocenters. The number of hydrogen-bond donors (Lipinski definition) is 1. The summed E-state index contributed by atoms with van der Waals surface area (Å²) in [5.41, 5.74) is 0.233. The molecule has 1 aromatic carbocycles. The fourth-order valence-electron chi connectivity index (χ4n) is 6.91. The van der Waals surface area contributed by atoms with Gasteiger partial charge < -0.3 is 19.5 Å². The van der Waals surface area contributed by atoms with Crippen molar-refractivity contribution in [1.29, 1.82) is 0 Å². The van der Waals surface area contributed by atoms with E-state index in [2.05, 4.69) is 5.32 Å². The molecule has 6 rings (SSSR count). The van der Waals surface area contributed by atoms with Crippen LogP contribution >= 0.6 is 23.4 Å². The Labute approximate surface area is 220 Å². The van der Waals surface area contributed by atoms with E-state index in [9.17, 15) is 14.4 Å². The lowest BCUT2D eigenvalue weighted by molar-refractivity contribution is -0.144. The van der Waals surface area contributed by atoms with Gasteiger partial charge in [-0.05, 0) is 85.9 Å². The van der Waals surface area contributed by atoms with Gasteiger partial charge >= 0.3 is 0 Å². The van der Waals surface area contributed by atoms with Gasteiger partial charge in [-0.15, -0.1) is 11.6 Å². The zero-order chi connectivity index (χ0) is 25.7. The number of nitrogens with one attached hydrogen (secondary N) is 1. The molecule has 0 spiro atoms. The number of methoxy groups -OCH3 is 3. The number of halogens is 1. The molecule has 36 heavy (non-hydrogen) atoms. The molecule has 2 atom stereocenters. The van der Waals surface area contributed by atoms with Crippen molar-refractivity contribution in [1.82, 2.24) is 10.2 Å². The molecule has 5 fully saturated rings. The number of rotatable bonds is 8. The number of thioether (sulfide) groups is 1. The molecule has 4 aliphatic carbocycles. The number of carbonyl (C=O) groups is 3. The molecule has 10 heteroatoms. The number of benzene rings is 1. The fraction of sp³-hybridized carbons (Fsp3) is 0.577. The van der Waals surface area contributed by atoms with Crippen LogP contribution in [0.25, 0.3) is 6.08 Å². The average Bonchev–Trinajstić information content (AvgIpc) is 3.08. The predicted octanol–water partition coefficient (Wildman–Crippen LogP) is 4.44. The maximum atomic E-state index is 13.2. The smallest absolute Gasteiger partial charge is 0.293 e. The molecule has 194 valence electrons. The average molecular weight is 535 g/mol. The second-order valence-corrected chi connectivity index (χ2v) is 12.2. The summed E-state index contributed by atoms with van der Waals surface area (Å²) in [5.74, 6) is 2.03. The third-order valence-electron chi connectivity index (χ3n) is 7.95. The van der Waals surface area contributed by atoms with E-state index in [-0.39, 0.29) is 35.0 Å². The van der Waals surface area contributed by atoms with E-state index in [0.717, 1.165) is 43.9 Å². The quantitative estimate of drug-likeness (QED) is 0.389. The first-order chi connectivity index (χ1) is 17.2. The molecular weight excluding hydrogens is 504 g/mol. The lowest BCUT2D eigenvalue weighted by Crippen LogP contribution is -2.58. The third kappa shape index (κ3) is 4.45. The minimum atomic E-state index is -0.406. The Kier molecular flexibility index (Phi) is 6.66. The monoisotopic (exact) mass is 534 g/mol. The largest absolute Gasteiger partial charge is 0.493 e.